The van der Waals surface area contributed by atoms with Gasteiger partial charge in [-0.1, -0.05) is 0 Å². The summed E-state index contributed by atoms with van der Waals surface area (Å²) in [5.41, 5.74) is 6.67. The molecule has 0 aliphatic heterocycles. The number of nitrogens with two attached hydrogens (primary N) is 1. The lowest BCUT2D eigenvalue weighted by Crippen LogP contribution is -2.02. The van der Waals surface area contributed by atoms with E-state index in [9.17, 15) is 0 Å². The Labute approximate surface area is 86.4 Å². The highest BCUT2D eigenvalue weighted by Gasteiger charge is 2.04. The van der Waals surface area contributed by atoms with Gasteiger partial charge in [-0.05, 0) is 13.8 Å². The Hall–Kier alpha value is -1.36. The molecule has 5 heteroatoms. The molecule has 0 aliphatic carbocycles. The lowest BCUT2D eigenvalue weighted by molar-refractivity contribution is 0.674. The summed E-state index contributed by atoms with van der Waals surface area (Å²) in [6.45, 7) is 4.75. The summed E-state index contributed by atoms with van der Waals surface area (Å²) in [4.78, 5) is 5.40. The van der Waals surface area contributed by atoms with Crippen LogP contribution in [0.4, 0.5) is 5.82 Å². The molecule has 2 rings (SSSR count). The van der Waals surface area contributed by atoms with Crippen LogP contribution >= 0.6 is 11.3 Å². The average Bonchev–Trinajstić information content (AvgIpc) is 2.61. The van der Waals surface area contributed by atoms with Gasteiger partial charge in [0.15, 0.2) is 0 Å². The fraction of sp³-hybridized carbons (Fsp3) is 0.333. The number of hydrogen-bond donors (Lipinski definition) is 1. The zero-order chi connectivity index (χ0) is 10.1. The summed E-state index contributed by atoms with van der Waals surface area (Å²) in [6, 6.07) is 1.87. The first kappa shape index (κ1) is 9.21. The first-order chi connectivity index (χ1) is 6.65. The molecular formula is C9H12N4S. The monoisotopic (exact) mass is 208 g/mol. The highest BCUT2D eigenvalue weighted by molar-refractivity contribution is 7.11. The van der Waals surface area contributed by atoms with Gasteiger partial charge in [-0.15, -0.1) is 11.3 Å². The molecular weight excluding hydrogens is 196 g/mol. The Morgan fingerprint density at radius 3 is 2.79 bits per heavy atom. The molecule has 0 saturated carbocycles. The number of hydrogen-bond acceptors (Lipinski definition) is 4. The van der Waals surface area contributed by atoms with E-state index < -0.39 is 0 Å². The fourth-order valence-electron chi connectivity index (χ4n) is 1.32. The summed E-state index contributed by atoms with van der Waals surface area (Å²) in [6.07, 6.45) is 1.89. The van der Waals surface area contributed by atoms with Crippen molar-refractivity contribution >= 4 is 17.2 Å². The number of thiazole rings is 1. The Morgan fingerprint density at radius 2 is 2.29 bits per heavy atom. The molecule has 0 unspecified atom stereocenters. The van der Waals surface area contributed by atoms with E-state index in [1.54, 1.807) is 11.3 Å². The number of nitrogens with zero attached hydrogens (tertiary/aromatic N) is 3. The van der Waals surface area contributed by atoms with Gasteiger partial charge in [0.2, 0.25) is 0 Å². The minimum atomic E-state index is 0.573. The van der Waals surface area contributed by atoms with Crippen LogP contribution in [-0.4, -0.2) is 14.8 Å². The van der Waals surface area contributed by atoms with Gasteiger partial charge in [-0.3, -0.25) is 4.68 Å². The van der Waals surface area contributed by atoms with Crippen LogP contribution < -0.4 is 5.73 Å². The van der Waals surface area contributed by atoms with Crippen LogP contribution in [0.3, 0.4) is 0 Å². The fourth-order valence-corrected chi connectivity index (χ4v) is 2.10. The molecule has 0 aliphatic rings. The second-order valence-corrected chi connectivity index (χ2v) is 4.53. The topological polar surface area (TPSA) is 56.7 Å². The van der Waals surface area contributed by atoms with Crippen molar-refractivity contribution in [2.75, 3.05) is 5.73 Å². The van der Waals surface area contributed by atoms with Gasteiger partial charge in [0.05, 0.1) is 11.6 Å². The van der Waals surface area contributed by atoms with Crippen LogP contribution in [0.15, 0.2) is 12.3 Å². The van der Waals surface area contributed by atoms with Crippen LogP contribution in [0.2, 0.25) is 0 Å². The Kier molecular flexibility index (Phi) is 2.25. The van der Waals surface area contributed by atoms with Crippen LogP contribution in [0, 0.1) is 13.8 Å². The molecule has 0 spiro atoms. The quantitative estimate of drug-likeness (QED) is 0.815. The molecule has 0 fully saturated rings. The van der Waals surface area contributed by atoms with Crippen LogP contribution in [0.1, 0.15) is 15.6 Å². The average molecular weight is 208 g/mol. The summed E-state index contributed by atoms with van der Waals surface area (Å²) in [7, 11) is 0. The maximum Gasteiger partial charge on any atom is 0.145 e. The predicted octanol–water partition coefficient (Wildman–Crippen LogP) is 1.59. The molecule has 0 atom stereocenters. The third-order valence-electron chi connectivity index (χ3n) is 1.97. The van der Waals surface area contributed by atoms with E-state index in [-0.39, 0.29) is 0 Å². The van der Waals surface area contributed by atoms with Crippen LogP contribution in [0.25, 0.3) is 0 Å². The van der Waals surface area contributed by atoms with Gasteiger partial charge in [0.1, 0.15) is 5.82 Å². The van der Waals surface area contributed by atoms with Crippen molar-refractivity contribution in [1.29, 1.82) is 0 Å². The van der Waals surface area contributed by atoms with E-state index in [1.165, 1.54) is 4.88 Å². The standard InChI is InChI=1S/C9H12N4S/c1-6-3-9(10)12-13(6)5-8-4-11-7(2)14-8/h3-4H,5H2,1-2H3,(H2,10,12). The third kappa shape index (κ3) is 1.77. The molecule has 0 radical (unpaired) electrons. The summed E-state index contributed by atoms with van der Waals surface area (Å²) in [5.74, 6) is 0.573. The van der Waals surface area contributed by atoms with Gasteiger partial charge in [-0.2, -0.15) is 5.10 Å². The van der Waals surface area contributed by atoms with E-state index >= 15 is 0 Å². The molecule has 74 valence electrons. The summed E-state index contributed by atoms with van der Waals surface area (Å²) >= 11 is 1.69. The minimum Gasteiger partial charge on any atom is -0.382 e. The summed E-state index contributed by atoms with van der Waals surface area (Å²) < 4.78 is 1.89. The van der Waals surface area contributed by atoms with Crippen molar-refractivity contribution in [3.63, 3.8) is 0 Å². The minimum absolute atomic E-state index is 0.573. The number of nitrogen functional groups attached to an aromatic ring is 1. The molecule has 2 heterocycles. The van der Waals surface area contributed by atoms with Crippen LogP contribution in [0.5, 0.6) is 0 Å². The molecule has 0 bridgehead atoms. The molecule has 2 N–H and O–H groups in total. The zero-order valence-corrected chi connectivity index (χ0v) is 9.01. The SMILES string of the molecule is Cc1ncc(Cn2nc(N)cc2C)s1. The van der Waals surface area contributed by atoms with E-state index in [1.807, 2.05) is 30.8 Å². The third-order valence-corrected chi connectivity index (χ3v) is 2.87. The lowest BCUT2D eigenvalue weighted by atomic mass is 10.4. The van der Waals surface area contributed by atoms with Crippen molar-refractivity contribution in [3.05, 3.63) is 27.8 Å². The number of anilines is 1. The van der Waals surface area contributed by atoms with Gasteiger partial charge in [0.25, 0.3) is 0 Å². The van der Waals surface area contributed by atoms with Crippen molar-refractivity contribution in [2.45, 2.75) is 20.4 Å². The largest absolute Gasteiger partial charge is 0.382 e. The lowest BCUT2D eigenvalue weighted by Gasteiger charge is -1.99. The maximum absolute atomic E-state index is 5.59. The van der Waals surface area contributed by atoms with E-state index in [2.05, 4.69) is 10.1 Å². The van der Waals surface area contributed by atoms with Gasteiger partial charge < -0.3 is 5.73 Å². The molecule has 0 amide bonds. The van der Waals surface area contributed by atoms with E-state index in [0.717, 1.165) is 17.2 Å². The Morgan fingerprint density at radius 1 is 1.50 bits per heavy atom. The molecule has 0 saturated heterocycles. The maximum atomic E-state index is 5.59. The van der Waals surface area contributed by atoms with Gasteiger partial charge in [0, 0.05) is 22.8 Å². The first-order valence-corrected chi connectivity index (χ1v) is 5.18. The highest BCUT2D eigenvalue weighted by Crippen LogP contribution is 2.14. The van der Waals surface area contributed by atoms with Crippen LogP contribution in [-0.2, 0) is 6.54 Å². The van der Waals surface area contributed by atoms with Crippen molar-refractivity contribution in [1.82, 2.24) is 14.8 Å². The zero-order valence-electron chi connectivity index (χ0n) is 8.19. The highest BCUT2D eigenvalue weighted by atomic mass is 32.1. The van der Waals surface area contributed by atoms with E-state index in [4.69, 9.17) is 5.73 Å². The van der Waals surface area contributed by atoms with Crippen molar-refractivity contribution in [3.8, 4) is 0 Å². The Balaban J connectivity index is 2.22. The second-order valence-electron chi connectivity index (χ2n) is 3.21. The Bertz CT molecular complexity index is 443. The molecule has 0 aromatic carbocycles. The normalized spacial score (nSPS) is 10.7. The summed E-state index contributed by atoms with van der Waals surface area (Å²) in [5, 5.41) is 5.27. The number of rotatable bonds is 2. The molecule has 4 nitrogen and oxygen atoms in total. The van der Waals surface area contributed by atoms with E-state index in [0.29, 0.717) is 5.82 Å². The predicted molar refractivity (Wildman–Crippen MR) is 57.3 cm³/mol. The molecule has 2 aromatic heterocycles. The van der Waals surface area contributed by atoms with Crippen molar-refractivity contribution < 1.29 is 0 Å². The molecule has 14 heavy (non-hydrogen) atoms. The number of aryl methyl sites for hydroxylation is 2. The van der Waals surface area contributed by atoms with Gasteiger partial charge >= 0.3 is 0 Å². The first-order valence-electron chi connectivity index (χ1n) is 4.36. The number of aromatic nitrogens is 3. The van der Waals surface area contributed by atoms with Crippen molar-refractivity contribution in [2.24, 2.45) is 0 Å². The smallest absolute Gasteiger partial charge is 0.145 e. The van der Waals surface area contributed by atoms with Gasteiger partial charge in [-0.25, -0.2) is 4.98 Å². The second kappa shape index (κ2) is 3.42. The molecule has 2 aromatic rings.